The first-order chi connectivity index (χ1) is 5.77. The molecule has 0 fully saturated rings. The number of carbonyl (C=O) groups is 1. The van der Waals surface area contributed by atoms with Crippen LogP contribution >= 0.6 is 0 Å². The van der Waals surface area contributed by atoms with Gasteiger partial charge in [0.1, 0.15) is 11.6 Å². The van der Waals surface area contributed by atoms with E-state index in [1.807, 2.05) is 0 Å². The predicted molar refractivity (Wildman–Crippen MR) is 42.6 cm³/mol. The van der Waals surface area contributed by atoms with Crippen molar-refractivity contribution in [3.63, 3.8) is 0 Å². The van der Waals surface area contributed by atoms with Crippen molar-refractivity contribution in [2.45, 2.75) is 0 Å². The smallest absolute Gasteiger partial charge is 0.211 e. The molecule has 0 aromatic heterocycles. The van der Waals surface area contributed by atoms with Gasteiger partial charge in [0, 0.05) is 6.07 Å². The molecule has 0 saturated carbocycles. The maximum atomic E-state index is 12.9. The van der Waals surface area contributed by atoms with Gasteiger partial charge in [-0.15, -0.1) is 0 Å². The second-order valence-electron chi connectivity index (χ2n) is 2.11. The lowest BCUT2D eigenvalue weighted by Crippen LogP contribution is -1.97. The van der Waals surface area contributed by atoms with Crippen LogP contribution in [-0.2, 0) is 4.79 Å². The van der Waals surface area contributed by atoms with Gasteiger partial charge in [-0.2, -0.15) is 0 Å². The van der Waals surface area contributed by atoms with Gasteiger partial charge in [0.05, 0.1) is 12.8 Å². The number of anilines is 1. The van der Waals surface area contributed by atoms with E-state index in [-0.39, 0.29) is 5.69 Å². The monoisotopic (exact) mass is 169 g/mol. The van der Waals surface area contributed by atoms with E-state index in [4.69, 9.17) is 4.74 Å². The Labute approximate surface area is 69.2 Å². The summed E-state index contributed by atoms with van der Waals surface area (Å²) in [6.45, 7) is 0. The second-order valence-corrected chi connectivity index (χ2v) is 2.11. The highest BCUT2D eigenvalue weighted by atomic mass is 19.1. The summed E-state index contributed by atoms with van der Waals surface area (Å²) >= 11 is 0. The second kappa shape index (κ2) is 3.71. The Hall–Kier alpha value is -1.58. The molecule has 0 bridgehead atoms. The summed E-state index contributed by atoms with van der Waals surface area (Å²) in [4.78, 5) is 9.97. The van der Waals surface area contributed by atoms with Gasteiger partial charge < -0.3 is 10.1 Å². The van der Waals surface area contributed by atoms with Crippen LogP contribution in [0.5, 0.6) is 5.75 Å². The van der Waals surface area contributed by atoms with Crippen molar-refractivity contribution in [3.05, 3.63) is 24.0 Å². The van der Waals surface area contributed by atoms with Gasteiger partial charge in [0.15, 0.2) is 0 Å². The van der Waals surface area contributed by atoms with Gasteiger partial charge in [-0.1, -0.05) is 0 Å². The molecular formula is C8H8FNO2. The van der Waals surface area contributed by atoms with E-state index >= 15 is 0 Å². The number of hydrogen-bond acceptors (Lipinski definition) is 2. The number of carbonyl (C=O) groups excluding carboxylic acids is 1. The predicted octanol–water partition coefficient (Wildman–Crippen LogP) is 1.40. The summed E-state index contributed by atoms with van der Waals surface area (Å²) in [7, 11) is 1.45. The number of ether oxygens (including phenoxy) is 1. The van der Waals surface area contributed by atoms with Crippen molar-refractivity contribution in [2.75, 3.05) is 12.4 Å². The van der Waals surface area contributed by atoms with Crippen LogP contribution in [0.15, 0.2) is 18.2 Å². The van der Waals surface area contributed by atoms with Crippen LogP contribution < -0.4 is 10.1 Å². The van der Waals surface area contributed by atoms with Crippen LogP contribution in [0, 0.1) is 5.82 Å². The standard InChI is InChI=1S/C8H8FNO2/c1-12-6-2-3-8(10-5-11)7(9)4-6/h2-5H,1H3,(H,10,11). The molecule has 12 heavy (non-hydrogen) atoms. The van der Waals surface area contributed by atoms with Crippen molar-refractivity contribution in [1.29, 1.82) is 0 Å². The Morgan fingerprint density at radius 3 is 2.83 bits per heavy atom. The lowest BCUT2D eigenvalue weighted by atomic mass is 10.3. The summed E-state index contributed by atoms with van der Waals surface area (Å²) in [5, 5.41) is 2.22. The lowest BCUT2D eigenvalue weighted by Gasteiger charge is -2.02. The van der Waals surface area contributed by atoms with Crippen LogP contribution in [0.2, 0.25) is 0 Å². The molecule has 1 aromatic rings. The number of hydrogen-bond donors (Lipinski definition) is 1. The fraction of sp³-hybridized carbons (Fsp3) is 0.125. The zero-order valence-corrected chi connectivity index (χ0v) is 6.50. The minimum atomic E-state index is -0.513. The minimum absolute atomic E-state index is 0.144. The third-order valence-electron chi connectivity index (χ3n) is 1.39. The molecule has 3 nitrogen and oxygen atoms in total. The van der Waals surface area contributed by atoms with Gasteiger partial charge in [-0.3, -0.25) is 4.79 Å². The number of rotatable bonds is 3. The Morgan fingerprint density at radius 1 is 1.58 bits per heavy atom. The fourth-order valence-corrected chi connectivity index (χ4v) is 0.803. The quantitative estimate of drug-likeness (QED) is 0.694. The van der Waals surface area contributed by atoms with E-state index in [2.05, 4.69) is 5.32 Å². The number of benzene rings is 1. The minimum Gasteiger partial charge on any atom is -0.497 e. The highest BCUT2D eigenvalue weighted by molar-refractivity contribution is 5.71. The van der Waals surface area contributed by atoms with Crippen molar-refractivity contribution in [1.82, 2.24) is 0 Å². The van der Waals surface area contributed by atoms with E-state index in [0.717, 1.165) is 0 Å². The summed E-state index contributed by atoms with van der Waals surface area (Å²) in [5.74, 6) is -0.0922. The van der Waals surface area contributed by atoms with Gasteiger partial charge >= 0.3 is 0 Å². The van der Waals surface area contributed by atoms with E-state index in [1.54, 1.807) is 6.07 Å². The third-order valence-corrected chi connectivity index (χ3v) is 1.39. The summed E-state index contributed by atoms with van der Waals surface area (Å²) in [5.41, 5.74) is 0.144. The van der Waals surface area contributed by atoms with Crippen LogP contribution in [-0.4, -0.2) is 13.5 Å². The molecule has 4 heteroatoms. The normalized spacial score (nSPS) is 9.17. The van der Waals surface area contributed by atoms with Crippen molar-refractivity contribution in [3.8, 4) is 5.75 Å². The molecule has 1 rings (SSSR count). The zero-order valence-electron chi connectivity index (χ0n) is 6.50. The van der Waals surface area contributed by atoms with E-state index in [1.165, 1.54) is 19.2 Å². The summed E-state index contributed by atoms with van der Waals surface area (Å²) in [6.07, 6.45) is 0.422. The Kier molecular flexibility index (Phi) is 2.63. The van der Waals surface area contributed by atoms with Crippen molar-refractivity contribution in [2.24, 2.45) is 0 Å². The van der Waals surface area contributed by atoms with Gasteiger partial charge in [0.25, 0.3) is 0 Å². The molecular weight excluding hydrogens is 161 g/mol. The Bertz CT molecular complexity index is 288. The fourth-order valence-electron chi connectivity index (χ4n) is 0.803. The summed E-state index contributed by atoms with van der Waals surface area (Å²) < 4.78 is 17.7. The van der Waals surface area contributed by atoms with Gasteiger partial charge in [0.2, 0.25) is 6.41 Å². The molecule has 0 aliphatic carbocycles. The maximum Gasteiger partial charge on any atom is 0.211 e. The van der Waals surface area contributed by atoms with Crippen LogP contribution in [0.4, 0.5) is 10.1 Å². The first-order valence-corrected chi connectivity index (χ1v) is 3.31. The first kappa shape index (κ1) is 8.52. The molecule has 1 N–H and O–H groups in total. The number of nitrogens with one attached hydrogen (secondary N) is 1. The summed E-state index contributed by atoms with van der Waals surface area (Å²) in [6, 6.07) is 4.20. The molecule has 1 aromatic carbocycles. The largest absolute Gasteiger partial charge is 0.497 e. The molecule has 0 atom stereocenters. The maximum absolute atomic E-state index is 12.9. The van der Waals surface area contributed by atoms with E-state index in [9.17, 15) is 9.18 Å². The van der Waals surface area contributed by atoms with Gasteiger partial charge in [-0.25, -0.2) is 4.39 Å². The Morgan fingerprint density at radius 2 is 2.33 bits per heavy atom. The molecule has 0 spiro atoms. The highest BCUT2D eigenvalue weighted by Crippen LogP contribution is 2.19. The number of amides is 1. The van der Waals surface area contributed by atoms with Crippen LogP contribution in [0.3, 0.4) is 0 Å². The first-order valence-electron chi connectivity index (χ1n) is 3.31. The topological polar surface area (TPSA) is 38.3 Å². The highest BCUT2D eigenvalue weighted by Gasteiger charge is 2.01. The molecule has 1 amide bonds. The van der Waals surface area contributed by atoms with Crippen LogP contribution in [0.1, 0.15) is 0 Å². The average molecular weight is 169 g/mol. The molecule has 0 aliphatic rings. The number of halogens is 1. The van der Waals surface area contributed by atoms with E-state index < -0.39 is 5.82 Å². The van der Waals surface area contributed by atoms with Crippen LogP contribution in [0.25, 0.3) is 0 Å². The molecule has 0 unspecified atom stereocenters. The molecule has 0 saturated heterocycles. The third kappa shape index (κ3) is 1.72. The van der Waals surface area contributed by atoms with Gasteiger partial charge in [-0.05, 0) is 12.1 Å². The molecule has 64 valence electrons. The average Bonchev–Trinajstić information content (AvgIpc) is 2.09. The number of methoxy groups -OCH3 is 1. The molecule has 0 heterocycles. The van der Waals surface area contributed by atoms with Crippen molar-refractivity contribution < 1.29 is 13.9 Å². The van der Waals surface area contributed by atoms with Crippen molar-refractivity contribution >= 4 is 12.1 Å². The lowest BCUT2D eigenvalue weighted by molar-refractivity contribution is -0.105. The Balaban J connectivity index is 2.94. The van der Waals surface area contributed by atoms with E-state index in [0.29, 0.717) is 12.2 Å². The SMILES string of the molecule is COc1ccc(NC=O)c(F)c1. The molecule has 0 aliphatic heterocycles. The zero-order chi connectivity index (χ0) is 8.97. The molecule has 0 radical (unpaired) electrons.